The van der Waals surface area contributed by atoms with Gasteiger partial charge in [-0.3, -0.25) is 4.79 Å². The van der Waals surface area contributed by atoms with Crippen LogP contribution in [0.5, 0.6) is 0 Å². The van der Waals surface area contributed by atoms with E-state index in [4.69, 9.17) is 5.11 Å². The van der Waals surface area contributed by atoms with Crippen molar-refractivity contribution in [2.24, 2.45) is 0 Å². The Kier molecular flexibility index (Phi) is 3.79. The Labute approximate surface area is 114 Å². The van der Waals surface area contributed by atoms with Crippen molar-refractivity contribution >= 4 is 17.6 Å². The van der Waals surface area contributed by atoms with Crippen LogP contribution in [0.3, 0.4) is 0 Å². The molecule has 0 saturated heterocycles. The summed E-state index contributed by atoms with van der Waals surface area (Å²) in [4.78, 5) is 23.2. The average molecular weight is 273 g/mol. The Bertz CT molecular complexity index is 683. The molecule has 0 unspecified atom stereocenters. The number of carboxylic acids is 1. The minimum Gasteiger partial charge on any atom is -0.478 e. The van der Waals surface area contributed by atoms with Crippen molar-refractivity contribution in [2.45, 2.75) is 6.92 Å². The summed E-state index contributed by atoms with van der Waals surface area (Å²) in [6.07, 6.45) is 0. The Morgan fingerprint density at radius 3 is 2.40 bits per heavy atom. The molecule has 0 radical (unpaired) electrons. The van der Waals surface area contributed by atoms with E-state index in [1.807, 2.05) is 0 Å². The molecule has 0 aliphatic carbocycles. The zero-order chi connectivity index (χ0) is 14.7. The van der Waals surface area contributed by atoms with Crippen LogP contribution in [0, 0.1) is 12.7 Å². The maximum Gasteiger partial charge on any atom is 0.336 e. The highest BCUT2D eigenvalue weighted by atomic mass is 19.1. The molecular weight excluding hydrogens is 261 g/mol. The molecule has 0 aliphatic rings. The molecule has 0 aromatic heterocycles. The SMILES string of the molecule is Cc1ccc(F)cc1NC(=O)c1ccccc1C(=O)O. The third-order valence-electron chi connectivity index (χ3n) is 2.85. The summed E-state index contributed by atoms with van der Waals surface area (Å²) in [5.41, 5.74) is 0.936. The number of aryl methyl sites for hydroxylation is 1. The molecule has 4 nitrogen and oxygen atoms in total. The van der Waals surface area contributed by atoms with E-state index in [1.54, 1.807) is 13.0 Å². The Balaban J connectivity index is 2.33. The van der Waals surface area contributed by atoms with Gasteiger partial charge in [0.15, 0.2) is 0 Å². The molecule has 20 heavy (non-hydrogen) atoms. The standard InChI is InChI=1S/C15H12FNO3/c1-9-6-7-10(16)8-13(9)17-14(18)11-4-2-3-5-12(11)15(19)20/h2-8H,1H3,(H,17,18)(H,19,20). The summed E-state index contributed by atoms with van der Waals surface area (Å²) in [6.45, 7) is 1.72. The minimum absolute atomic E-state index is 0.0312. The number of aromatic carboxylic acids is 1. The maximum atomic E-state index is 13.2. The van der Waals surface area contributed by atoms with Gasteiger partial charge in [0.2, 0.25) is 0 Å². The first-order chi connectivity index (χ1) is 9.49. The highest BCUT2D eigenvalue weighted by Crippen LogP contribution is 2.18. The van der Waals surface area contributed by atoms with Crippen molar-refractivity contribution in [3.8, 4) is 0 Å². The molecule has 0 bridgehead atoms. The van der Waals surface area contributed by atoms with Crippen LogP contribution >= 0.6 is 0 Å². The summed E-state index contributed by atoms with van der Waals surface area (Å²) in [5, 5.41) is 11.6. The second-order valence-electron chi connectivity index (χ2n) is 4.26. The van der Waals surface area contributed by atoms with Crippen LogP contribution in [-0.4, -0.2) is 17.0 Å². The van der Waals surface area contributed by atoms with Gasteiger partial charge in [-0.05, 0) is 36.8 Å². The highest BCUT2D eigenvalue weighted by molar-refractivity contribution is 6.10. The molecule has 0 spiro atoms. The molecule has 0 saturated carbocycles. The number of carboxylic acid groups (broad SMARTS) is 1. The molecular formula is C15H12FNO3. The first kappa shape index (κ1) is 13.7. The normalized spacial score (nSPS) is 10.1. The third kappa shape index (κ3) is 2.83. The summed E-state index contributed by atoms with van der Waals surface area (Å²) in [7, 11) is 0. The van der Waals surface area contributed by atoms with E-state index in [2.05, 4.69) is 5.32 Å². The van der Waals surface area contributed by atoms with Gasteiger partial charge in [0.25, 0.3) is 5.91 Å². The monoisotopic (exact) mass is 273 g/mol. The van der Waals surface area contributed by atoms with E-state index < -0.39 is 17.7 Å². The quantitative estimate of drug-likeness (QED) is 0.903. The van der Waals surface area contributed by atoms with Crippen LogP contribution in [0.4, 0.5) is 10.1 Å². The smallest absolute Gasteiger partial charge is 0.336 e. The van der Waals surface area contributed by atoms with E-state index >= 15 is 0 Å². The van der Waals surface area contributed by atoms with Crippen LogP contribution in [0.2, 0.25) is 0 Å². The molecule has 2 rings (SSSR count). The number of anilines is 1. The maximum absolute atomic E-state index is 13.2. The fourth-order valence-electron chi connectivity index (χ4n) is 1.79. The molecule has 5 heteroatoms. The van der Waals surface area contributed by atoms with Crippen LogP contribution in [0.1, 0.15) is 26.3 Å². The number of carbonyl (C=O) groups excluding carboxylic acids is 1. The molecule has 2 aromatic rings. The number of benzene rings is 2. The van der Waals surface area contributed by atoms with Crippen LogP contribution in [0.25, 0.3) is 0 Å². The van der Waals surface area contributed by atoms with Gasteiger partial charge in [-0.25, -0.2) is 9.18 Å². The van der Waals surface area contributed by atoms with Crippen LogP contribution in [-0.2, 0) is 0 Å². The lowest BCUT2D eigenvalue weighted by Gasteiger charge is -2.10. The summed E-state index contributed by atoms with van der Waals surface area (Å²) in [5.74, 6) is -2.25. The largest absolute Gasteiger partial charge is 0.478 e. The van der Waals surface area contributed by atoms with Crippen LogP contribution < -0.4 is 5.32 Å². The summed E-state index contributed by atoms with van der Waals surface area (Å²) >= 11 is 0. The Hall–Kier alpha value is -2.69. The van der Waals surface area contributed by atoms with Gasteiger partial charge >= 0.3 is 5.97 Å². The second-order valence-corrected chi connectivity index (χ2v) is 4.26. The van der Waals surface area contributed by atoms with Crippen molar-refractivity contribution in [2.75, 3.05) is 5.32 Å². The number of hydrogen-bond donors (Lipinski definition) is 2. The number of amides is 1. The topological polar surface area (TPSA) is 66.4 Å². The zero-order valence-electron chi connectivity index (χ0n) is 10.7. The van der Waals surface area contributed by atoms with E-state index in [0.717, 1.165) is 0 Å². The Morgan fingerprint density at radius 1 is 1.10 bits per heavy atom. The number of hydrogen-bond acceptors (Lipinski definition) is 2. The molecule has 0 aliphatic heterocycles. The minimum atomic E-state index is -1.19. The lowest BCUT2D eigenvalue weighted by Crippen LogP contribution is -2.17. The molecule has 2 N–H and O–H groups in total. The molecule has 2 aromatic carbocycles. The fraction of sp³-hybridized carbons (Fsp3) is 0.0667. The van der Waals surface area contributed by atoms with Gasteiger partial charge in [0, 0.05) is 5.69 Å². The molecule has 0 atom stereocenters. The van der Waals surface area contributed by atoms with Crippen molar-refractivity contribution in [1.29, 1.82) is 0 Å². The fourth-order valence-corrected chi connectivity index (χ4v) is 1.79. The van der Waals surface area contributed by atoms with E-state index in [1.165, 1.54) is 36.4 Å². The number of nitrogens with one attached hydrogen (secondary N) is 1. The number of halogens is 1. The van der Waals surface area contributed by atoms with Crippen LogP contribution in [0.15, 0.2) is 42.5 Å². The van der Waals surface area contributed by atoms with Crippen molar-refractivity contribution < 1.29 is 19.1 Å². The van der Waals surface area contributed by atoms with Gasteiger partial charge in [-0.15, -0.1) is 0 Å². The van der Waals surface area contributed by atoms with E-state index in [0.29, 0.717) is 11.3 Å². The van der Waals surface area contributed by atoms with Gasteiger partial charge in [0.1, 0.15) is 5.82 Å². The summed E-state index contributed by atoms with van der Waals surface area (Å²) < 4.78 is 13.2. The summed E-state index contributed by atoms with van der Waals surface area (Å²) in [6, 6.07) is 9.87. The van der Waals surface area contributed by atoms with Gasteiger partial charge in [-0.1, -0.05) is 18.2 Å². The average Bonchev–Trinajstić information content (AvgIpc) is 2.42. The Morgan fingerprint density at radius 2 is 1.75 bits per heavy atom. The second kappa shape index (κ2) is 5.52. The predicted octanol–water partition coefficient (Wildman–Crippen LogP) is 3.08. The first-order valence-corrected chi connectivity index (χ1v) is 5.89. The predicted molar refractivity (Wildman–Crippen MR) is 72.5 cm³/mol. The molecule has 102 valence electrons. The van der Waals surface area contributed by atoms with Gasteiger partial charge in [0.05, 0.1) is 11.1 Å². The molecule has 0 heterocycles. The van der Waals surface area contributed by atoms with Crippen molar-refractivity contribution in [3.63, 3.8) is 0 Å². The van der Waals surface area contributed by atoms with Crippen molar-refractivity contribution in [1.82, 2.24) is 0 Å². The van der Waals surface area contributed by atoms with E-state index in [-0.39, 0.29) is 11.1 Å². The van der Waals surface area contributed by atoms with Gasteiger partial charge < -0.3 is 10.4 Å². The van der Waals surface area contributed by atoms with Gasteiger partial charge in [-0.2, -0.15) is 0 Å². The third-order valence-corrected chi connectivity index (χ3v) is 2.85. The lowest BCUT2D eigenvalue weighted by atomic mass is 10.1. The zero-order valence-corrected chi connectivity index (χ0v) is 10.7. The molecule has 0 fully saturated rings. The number of rotatable bonds is 3. The lowest BCUT2D eigenvalue weighted by molar-refractivity contribution is 0.0692. The van der Waals surface area contributed by atoms with E-state index in [9.17, 15) is 14.0 Å². The molecule has 1 amide bonds. The first-order valence-electron chi connectivity index (χ1n) is 5.89. The number of carbonyl (C=O) groups is 2. The highest BCUT2D eigenvalue weighted by Gasteiger charge is 2.16. The van der Waals surface area contributed by atoms with Crippen molar-refractivity contribution in [3.05, 3.63) is 65.0 Å².